The van der Waals surface area contributed by atoms with E-state index in [9.17, 15) is 0 Å². The minimum absolute atomic E-state index is 0.202. The Morgan fingerprint density at radius 1 is 0.236 bits per heavy atom. The number of aromatic nitrogens is 8. The Hall–Kier alpha value is -15.7. The smallest absolute Gasteiger partial charge is 0.133 e. The van der Waals surface area contributed by atoms with Gasteiger partial charge in [0.05, 0.1) is 83.8 Å². The molecule has 0 atom stereocenters. The first-order valence-electron chi connectivity index (χ1n) is 41.3. The lowest BCUT2D eigenvalue weighted by Crippen LogP contribution is -2.04. The fourth-order valence-electron chi connectivity index (χ4n) is 20.1. The van der Waals surface area contributed by atoms with E-state index in [1.54, 1.807) is 23.5 Å². The first-order valence-corrected chi connectivity index (χ1v) is 43.0. The van der Waals surface area contributed by atoms with Gasteiger partial charge in [0.2, 0.25) is 0 Å². The summed E-state index contributed by atoms with van der Waals surface area (Å²) < 4.78 is 49.0. The maximum Gasteiger partial charge on any atom is 0.133 e. The molecule has 0 unspecified atom stereocenters. The highest BCUT2D eigenvalue weighted by Gasteiger charge is 2.29. The first kappa shape index (κ1) is 69.2. The second-order valence-electron chi connectivity index (χ2n) is 31.9. The lowest BCUT2D eigenvalue weighted by molar-refractivity contribution is 0.640. The summed E-state index contributed by atoms with van der Waals surface area (Å²) in [5, 5.41) is 20.2. The normalized spacial score (nSPS) is 12.1. The molecule has 0 bridgehead atoms. The molecule has 0 saturated heterocycles. The SMILES string of the molecule is Fc1cc2cccc3c(-n4c5ccccc5c5cc(-c6cc7c8c(F)cccc8n(-c8cc9ccccc9n8-c8ccccc8)c7c7c6sc6ccccc67)ccc54)cc4cccc1c4c23.c1ccc(-n2c3ccccc3c3cc(-c4ccc5c(c4)c4ccccc4n5-c4cc(-c5ccccn5)nc(-c5ccccn5)c4)c4sc5ccccc5c4c32)cc1. The van der Waals surface area contributed by atoms with Crippen LogP contribution in [-0.2, 0) is 0 Å². The van der Waals surface area contributed by atoms with Gasteiger partial charge in [-0.15, -0.1) is 22.7 Å². The molecule has 0 amide bonds. The third kappa shape index (κ3) is 10.3. The quantitative estimate of drug-likeness (QED) is 0.135. The van der Waals surface area contributed by atoms with Crippen LogP contribution in [-0.4, -0.2) is 37.8 Å². The molecule has 0 radical (unpaired) electrons. The van der Waals surface area contributed by atoms with Crippen molar-refractivity contribution in [3.63, 3.8) is 0 Å². The van der Waals surface area contributed by atoms with E-state index in [0.717, 1.165) is 165 Å². The second-order valence-corrected chi connectivity index (χ2v) is 34.0. The minimum Gasteiger partial charge on any atom is -0.309 e. The molecule has 0 aliphatic rings. The minimum atomic E-state index is -0.252. The summed E-state index contributed by atoms with van der Waals surface area (Å²) in [6, 6.07) is 132. The van der Waals surface area contributed by atoms with Crippen LogP contribution in [0.2, 0.25) is 0 Å². The van der Waals surface area contributed by atoms with Crippen LogP contribution < -0.4 is 0 Å². The van der Waals surface area contributed by atoms with Crippen molar-refractivity contribution in [2.75, 3.05) is 0 Å². The van der Waals surface area contributed by atoms with Crippen LogP contribution in [0.25, 0.3) is 244 Å². The number of hydrogen-bond donors (Lipinski definition) is 0. The van der Waals surface area contributed by atoms with Crippen LogP contribution in [0.4, 0.5) is 8.78 Å². The molecule has 0 N–H and O–H groups in total. The largest absolute Gasteiger partial charge is 0.309 e. The van der Waals surface area contributed by atoms with E-state index < -0.39 is 0 Å². The van der Waals surface area contributed by atoms with Gasteiger partial charge in [0.25, 0.3) is 0 Å². The molecule has 10 aromatic heterocycles. The van der Waals surface area contributed by atoms with Gasteiger partial charge in [-0.3, -0.25) is 19.1 Å². The summed E-state index contributed by atoms with van der Waals surface area (Å²) in [4.78, 5) is 14.4. The van der Waals surface area contributed by atoms with Crippen molar-refractivity contribution >= 4 is 193 Å². The van der Waals surface area contributed by atoms with Crippen LogP contribution in [0.15, 0.2) is 389 Å². The Morgan fingerprint density at radius 2 is 0.691 bits per heavy atom. The monoisotopic (exact) mass is 1610 g/mol. The predicted octanol–water partition coefficient (Wildman–Crippen LogP) is 30.5. The molecule has 10 heterocycles. The van der Waals surface area contributed by atoms with E-state index in [2.05, 4.69) is 324 Å². The molecular weight excluding hydrogens is 1550 g/mol. The van der Waals surface area contributed by atoms with Crippen molar-refractivity contribution < 1.29 is 8.78 Å². The Balaban J connectivity index is 0.000000133. The van der Waals surface area contributed by atoms with Crippen molar-refractivity contribution in [2.45, 2.75) is 0 Å². The van der Waals surface area contributed by atoms with Gasteiger partial charge < -0.3 is 13.7 Å². The van der Waals surface area contributed by atoms with Crippen molar-refractivity contribution in [1.82, 2.24) is 37.8 Å². The molecule has 0 aliphatic heterocycles. The van der Waals surface area contributed by atoms with E-state index >= 15 is 8.78 Å². The van der Waals surface area contributed by atoms with E-state index in [1.807, 2.05) is 96.5 Å². The Morgan fingerprint density at radius 3 is 1.31 bits per heavy atom. The first-order chi connectivity index (χ1) is 60.9. The van der Waals surface area contributed by atoms with E-state index in [-0.39, 0.29) is 11.6 Å². The number of rotatable bonds is 9. The molecule has 0 saturated carbocycles. The van der Waals surface area contributed by atoms with Gasteiger partial charge in [0.1, 0.15) is 17.5 Å². The molecule has 123 heavy (non-hydrogen) atoms. The fourth-order valence-corrected chi connectivity index (χ4v) is 22.6. The van der Waals surface area contributed by atoms with Gasteiger partial charge >= 0.3 is 0 Å². The molecule has 12 heteroatoms. The highest BCUT2D eigenvalue weighted by atomic mass is 32.1. The average molecular weight is 1610 g/mol. The molecule has 0 fully saturated rings. The number of pyridine rings is 3. The van der Waals surface area contributed by atoms with Gasteiger partial charge in [-0.1, -0.05) is 212 Å². The predicted molar refractivity (Wildman–Crippen MR) is 512 cm³/mol. The molecule has 8 nitrogen and oxygen atoms in total. The van der Waals surface area contributed by atoms with Gasteiger partial charge in [0, 0.05) is 140 Å². The summed E-state index contributed by atoms with van der Waals surface area (Å²) in [6.07, 6.45) is 3.63. The zero-order valence-electron chi connectivity index (χ0n) is 65.6. The molecule has 0 aliphatic carbocycles. The maximum absolute atomic E-state index is 16.8. The zero-order chi connectivity index (χ0) is 80.8. The number of hydrogen-bond acceptors (Lipinski definition) is 5. The highest BCUT2D eigenvalue weighted by molar-refractivity contribution is 7.27. The zero-order valence-corrected chi connectivity index (χ0v) is 67.2. The molecule has 0 spiro atoms. The second kappa shape index (κ2) is 26.9. The third-order valence-corrected chi connectivity index (χ3v) is 27.7. The average Bonchev–Trinajstić information content (AvgIpc) is 1.55. The van der Waals surface area contributed by atoms with Crippen molar-refractivity contribution in [3.05, 3.63) is 400 Å². The van der Waals surface area contributed by atoms with Crippen molar-refractivity contribution in [2.24, 2.45) is 0 Å². The molecule has 27 aromatic rings. The number of nitrogens with zero attached hydrogens (tertiary/aromatic N) is 8. The van der Waals surface area contributed by atoms with Crippen LogP contribution >= 0.6 is 22.7 Å². The number of benzene rings is 17. The Kier molecular flexibility index (Phi) is 15.1. The standard InChI is InChI=1S/C60H33F2N3S.C51H31N5S/c61-46-22-12-25-51-57(46)45-33-43(60-58(42-19-6-9-26-53(42)66-60)59(45)65(51)54-32-35-13-4-7-23-48(35)63(54)38-16-2-1-3-17-38)34-27-28-50-44(29-34)39-18-5-8-24-49(39)64(50)52-31-37-15-10-20-40-47(62)30-36-14-11-21-41(52)56(36)55(37)40;1-2-14-33(15-3-1)56-46-22-8-5-17-36(46)40-31-38(51-49(50(40)56)37-18-6-9-23-48(37)57-51)32-24-25-47-39(28-32)35-16-4-7-21-45(35)55(47)34-29-43(41-19-10-12-26-52-41)54-44(30-34)42-20-11-13-27-53-42/h1-33H;1-31H. The Bertz CT molecular complexity index is 9050. The highest BCUT2D eigenvalue weighted by Crippen LogP contribution is 2.53. The van der Waals surface area contributed by atoms with E-state index in [1.165, 1.54) is 68.6 Å². The van der Waals surface area contributed by atoms with Crippen molar-refractivity contribution in [3.8, 4) is 73.6 Å². The van der Waals surface area contributed by atoms with Crippen molar-refractivity contribution in [1.29, 1.82) is 0 Å². The number of halogens is 2. The lowest BCUT2D eigenvalue weighted by atomic mass is 9.92. The molecule has 574 valence electrons. The van der Waals surface area contributed by atoms with Gasteiger partial charge in [-0.2, -0.15) is 0 Å². The van der Waals surface area contributed by atoms with Crippen LogP contribution in [0.5, 0.6) is 0 Å². The summed E-state index contributed by atoms with van der Waals surface area (Å²) >= 11 is 3.68. The van der Waals surface area contributed by atoms with Crippen LogP contribution in [0.3, 0.4) is 0 Å². The maximum atomic E-state index is 16.8. The van der Waals surface area contributed by atoms with Gasteiger partial charge in [-0.25, -0.2) is 13.8 Å². The summed E-state index contributed by atoms with van der Waals surface area (Å²) in [7, 11) is 0. The fraction of sp³-hybridized carbons (Fsp3) is 0. The molecule has 17 aromatic carbocycles. The van der Waals surface area contributed by atoms with Gasteiger partial charge in [-0.05, 0) is 191 Å². The van der Waals surface area contributed by atoms with Crippen LogP contribution in [0, 0.1) is 11.6 Å². The summed E-state index contributed by atoms with van der Waals surface area (Å²) in [5.74, 6) is 0.493. The van der Waals surface area contributed by atoms with E-state index in [0.29, 0.717) is 10.8 Å². The Labute approximate surface area is 708 Å². The topological polar surface area (TPSA) is 63.3 Å². The summed E-state index contributed by atoms with van der Waals surface area (Å²) in [6.45, 7) is 0. The lowest BCUT2D eigenvalue weighted by Gasteiger charge is -2.17. The molecular formula is C111H64F2N8S2. The van der Waals surface area contributed by atoms with E-state index in [4.69, 9.17) is 4.98 Å². The number of fused-ring (bicyclic) bond motifs is 21. The number of para-hydroxylation sites is 6. The molecule has 27 rings (SSSR count). The van der Waals surface area contributed by atoms with Gasteiger partial charge in [0.15, 0.2) is 0 Å². The van der Waals surface area contributed by atoms with Crippen LogP contribution in [0.1, 0.15) is 0 Å². The number of thiophene rings is 2. The third-order valence-electron chi connectivity index (χ3n) is 25.3. The summed E-state index contributed by atoms with van der Waals surface area (Å²) in [5.41, 5.74) is 21.8.